The number of benzene rings is 2. The highest BCUT2D eigenvalue weighted by Gasteiger charge is 2.26. The first-order valence-corrected chi connectivity index (χ1v) is 9.67. The van der Waals surface area contributed by atoms with Gasteiger partial charge >= 0.3 is 0 Å². The van der Waals surface area contributed by atoms with Gasteiger partial charge in [-0.25, -0.2) is 0 Å². The molecule has 0 bridgehead atoms. The second kappa shape index (κ2) is 10.8. The highest BCUT2D eigenvalue weighted by molar-refractivity contribution is 5.98. The molecule has 0 aromatic heterocycles. The lowest BCUT2D eigenvalue weighted by molar-refractivity contribution is -0.124. The number of carbonyl (C=O) groups is 2. The minimum atomic E-state index is -0.548. The van der Waals surface area contributed by atoms with Crippen LogP contribution in [0.4, 0.5) is 11.4 Å². The molecule has 154 valence electrons. The molecule has 1 atom stereocenters. The summed E-state index contributed by atoms with van der Waals surface area (Å²) in [6, 6.07) is 16.1. The van der Waals surface area contributed by atoms with Crippen molar-refractivity contribution in [2.24, 2.45) is 0 Å². The van der Waals surface area contributed by atoms with Crippen molar-refractivity contribution in [1.29, 1.82) is 5.26 Å². The SMILES string of the molecule is C#Cc1cccc(NC(=O)CN(C)C(C)C(=O)N(CCC#N)c2ccc(C)cc2)c1. The van der Waals surface area contributed by atoms with E-state index in [1.165, 1.54) is 0 Å². The van der Waals surface area contributed by atoms with Gasteiger partial charge in [0.05, 0.1) is 25.1 Å². The summed E-state index contributed by atoms with van der Waals surface area (Å²) in [5, 5.41) is 11.8. The molecule has 0 heterocycles. The topological polar surface area (TPSA) is 76.4 Å². The van der Waals surface area contributed by atoms with E-state index in [2.05, 4.69) is 17.3 Å². The van der Waals surface area contributed by atoms with E-state index in [-0.39, 0.29) is 24.8 Å². The highest BCUT2D eigenvalue weighted by Crippen LogP contribution is 2.18. The number of nitrogens with one attached hydrogen (secondary N) is 1. The standard InChI is InChI=1S/C24H26N4O2/c1-5-20-8-6-9-21(16-20)26-23(29)17-27(4)19(3)24(30)28(15-7-14-25)22-12-10-18(2)11-13-22/h1,6,8-13,16,19H,7,15,17H2,2-4H3,(H,26,29). The van der Waals surface area contributed by atoms with E-state index < -0.39 is 6.04 Å². The Hall–Kier alpha value is -3.61. The van der Waals surface area contributed by atoms with Crippen molar-refractivity contribution in [2.75, 3.05) is 30.4 Å². The van der Waals surface area contributed by atoms with Gasteiger partial charge in [0, 0.05) is 23.5 Å². The maximum atomic E-state index is 13.1. The lowest BCUT2D eigenvalue weighted by atomic mass is 10.1. The number of hydrogen-bond donors (Lipinski definition) is 1. The maximum absolute atomic E-state index is 13.1. The number of carbonyl (C=O) groups excluding carboxylic acids is 2. The Balaban J connectivity index is 2.06. The molecule has 0 fully saturated rings. The number of rotatable bonds is 8. The molecule has 0 saturated heterocycles. The average Bonchev–Trinajstić information content (AvgIpc) is 2.74. The predicted octanol–water partition coefficient (Wildman–Crippen LogP) is 3.18. The smallest absolute Gasteiger partial charge is 0.244 e. The highest BCUT2D eigenvalue weighted by atomic mass is 16.2. The average molecular weight is 402 g/mol. The Morgan fingerprint density at radius 2 is 1.90 bits per heavy atom. The summed E-state index contributed by atoms with van der Waals surface area (Å²) in [5.41, 5.74) is 3.10. The van der Waals surface area contributed by atoms with Crippen LogP contribution in [0.25, 0.3) is 0 Å². The van der Waals surface area contributed by atoms with Crippen molar-refractivity contribution in [3.05, 3.63) is 59.7 Å². The van der Waals surface area contributed by atoms with Gasteiger partial charge in [-0.3, -0.25) is 14.5 Å². The van der Waals surface area contributed by atoms with Gasteiger partial charge in [-0.15, -0.1) is 6.42 Å². The molecule has 0 radical (unpaired) electrons. The third kappa shape index (κ3) is 6.20. The van der Waals surface area contributed by atoms with E-state index in [9.17, 15) is 9.59 Å². The Morgan fingerprint density at radius 1 is 1.20 bits per heavy atom. The zero-order valence-electron chi connectivity index (χ0n) is 17.6. The van der Waals surface area contributed by atoms with Crippen molar-refractivity contribution < 1.29 is 9.59 Å². The van der Waals surface area contributed by atoms with Crippen molar-refractivity contribution in [3.8, 4) is 18.4 Å². The van der Waals surface area contributed by atoms with Gasteiger partial charge in [-0.1, -0.05) is 29.7 Å². The third-order valence-electron chi connectivity index (χ3n) is 4.78. The number of nitriles is 1. The van der Waals surface area contributed by atoms with Crippen LogP contribution in [0.15, 0.2) is 48.5 Å². The molecular weight excluding hydrogens is 376 g/mol. The molecule has 2 rings (SSSR count). The lowest BCUT2D eigenvalue weighted by Gasteiger charge is -2.30. The fourth-order valence-corrected chi connectivity index (χ4v) is 2.92. The van der Waals surface area contributed by atoms with Gasteiger partial charge in [0.2, 0.25) is 11.8 Å². The van der Waals surface area contributed by atoms with Crippen molar-refractivity contribution in [3.63, 3.8) is 0 Å². The van der Waals surface area contributed by atoms with E-state index in [1.807, 2.05) is 31.2 Å². The third-order valence-corrected chi connectivity index (χ3v) is 4.78. The molecule has 30 heavy (non-hydrogen) atoms. The summed E-state index contributed by atoms with van der Waals surface area (Å²) in [6.07, 6.45) is 5.61. The molecule has 6 nitrogen and oxygen atoms in total. The van der Waals surface area contributed by atoms with Crippen LogP contribution in [-0.2, 0) is 9.59 Å². The summed E-state index contributed by atoms with van der Waals surface area (Å²) in [6.45, 7) is 4.05. The van der Waals surface area contributed by atoms with Gasteiger partial charge in [0.1, 0.15) is 0 Å². The first-order chi connectivity index (χ1) is 14.3. The van der Waals surface area contributed by atoms with Crippen LogP contribution in [0, 0.1) is 30.6 Å². The first-order valence-electron chi connectivity index (χ1n) is 9.67. The van der Waals surface area contributed by atoms with E-state index >= 15 is 0 Å². The second-order valence-corrected chi connectivity index (χ2v) is 7.10. The molecule has 0 aliphatic carbocycles. The number of anilines is 2. The summed E-state index contributed by atoms with van der Waals surface area (Å²) >= 11 is 0. The normalized spacial score (nSPS) is 11.3. The Morgan fingerprint density at radius 3 is 2.53 bits per heavy atom. The maximum Gasteiger partial charge on any atom is 0.244 e. The second-order valence-electron chi connectivity index (χ2n) is 7.10. The van der Waals surface area contributed by atoms with Crippen LogP contribution >= 0.6 is 0 Å². The van der Waals surface area contributed by atoms with E-state index in [0.29, 0.717) is 17.8 Å². The summed E-state index contributed by atoms with van der Waals surface area (Å²) in [5.74, 6) is 2.11. The van der Waals surface area contributed by atoms with Crippen molar-refractivity contribution in [1.82, 2.24) is 4.90 Å². The minimum Gasteiger partial charge on any atom is -0.325 e. The van der Waals surface area contributed by atoms with Gasteiger partial charge in [-0.2, -0.15) is 5.26 Å². The van der Waals surface area contributed by atoms with Crippen LogP contribution in [-0.4, -0.2) is 42.9 Å². The van der Waals surface area contributed by atoms with E-state index in [4.69, 9.17) is 11.7 Å². The molecular formula is C24H26N4O2. The van der Waals surface area contributed by atoms with Crippen LogP contribution in [0.5, 0.6) is 0 Å². The van der Waals surface area contributed by atoms with Crippen molar-refractivity contribution >= 4 is 23.2 Å². The monoisotopic (exact) mass is 402 g/mol. The largest absolute Gasteiger partial charge is 0.325 e. The zero-order valence-corrected chi connectivity index (χ0v) is 17.6. The Bertz CT molecular complexity index is 970. The molecule has 0 saturated carbocycles. The number of amides is 2. The Kier molecular flexibility index (Phi) is 8.17. The minimum absolute atomic E-state index is 0.0349. The van der Waals surface area contributed by atoms with Crippen LogP contribution in [0.1, 0.15) is 24.5 Å². The Labute approximate surface area is 178 Å². The molecule has 1 N–H and O–H groups in total. The molecule has 1 unspecified atom stereocenters. The quantitative estimate of drug-likeness (QED) is 0.688. The molecule has 2 aromatic rings. The number of nitrogens with zero attached hydrogens (tertiary/aromatic N) is 3. The molecule has 6 heteroatoms. The fraction of sp³-hybridized carbons (Fsp3) is 0.292. The number of hydrogen-bond acceptors (Lipinski definition) is 4. The first kappa shape index (κ1) is 22.7. The van der Waals surface area contributed by atoms with Gasteiger partial charge in [-0.05, 0) is 51.2 Å². The number of terminal acetylenes is 1. The zero-order chi connectivity index (χ0) is 22.1. The van der Waals surface area contributed by atoms with E-state index in [1.54, 1.807) is 48.0 Å². The summed E-state index contributed by atoms with van der Waals surface area (Å²) < 4.78 is 0. The summed E-state index contributed by atoms with van der Waals surface area (Å²) in [7, 11) is 1.72. The lowest BCUT2D eigenvalue weighted by Crippen LogP contribution is -2.48. The molecule has 2 aromatic carbocycles. The number of likely N-dealkylation sites (N-methyl/N-ethyl adjacent to an activating group) is 1. The van der Waals surface area contributed by atoms with Gasteiger partial charge in [0.15, 0.2) is 0 Å². The molecule has 0 aliphatic heterocycles. The van der Waals surface area contributed by atoms with Gasteiger partial charge < -0.3 is 10.2 Å². The predicted molar refractivity (Wildman–Crippen MR) is 119 cm³/mol. The van der Waals surface area contributed by atoms with Crippen LogP contribution in [0.2, 0.25) is 0 Å². The molecule has 2 amide bonds. The van der Waals surface area contributed by atoms with E-state index in [0.717, 1.165) is 11.3 Å². The summed E-state index contributed by atoms with van der Waals surface area (Å²) in [4.78, 5) is 28.8. The van der Waals surface area contributed by atoms with Crippen molar-refractivity contribution in [2.45, 2.75) is 26.3 Å². The van der Waals surface area contributed by atoms with Crippen LogP contribution in [0.3, 0.4) is 0 Å². The fourth-order valence-electron chi connectivity index (χ4n) is 2.92. The number of aryl methyl sites for hydroxylation is 1. The van der Waals surface area contributed by atoms with Gasteiger partial charge in [0.25, 0.3) is 0 Å². The molecule has 0 spiro atoms. The van der Waals surface area contributed by atoms with Crippen LogP contribution < -0.4 is 10.2 Å². The molecule has 0 aliphatic rings.